The highest BCUT2D eigenvalue weighted by atomic mass is 35.5. The molecule has 0 atom stereocenters. The van der Waals surface area contributed by atoms with Gasteiger partial charge in [0, 0.05) is 41.8 Å². The molecule has 1 fully saturated rings. The van der Waals surface area contributed by atoms with Gasteiger partial charge in [-0.2, -0.15) is 0 Å². The molecule has 2 aromatic rings. The summed E-state index contributed by atoms with van der Waals surface area (Å²) in [6, 6.07) is 12.0. The van der Waals surface area contributed by atoms with Crippen molar-refractivity contribution in [2.75, 3.05) is 24.5 Å². The predicted molar refractivity (Wildman–Crippen MR) is 117 cm³/mol. The molecular formula is C22H20ClN3O6. The quantitative estimate of drug-likeness (QED) is 0.395. The lowest BCUT2D eigenvalue weighted by atomic mass is 9.74. The lowest BCUT2D eigenvalue weighted by Crippen LogP contribution is -2.45. The molecule has 1 spiro atoms. The van der Waals surface area contributed by atoms with Crippen molar-refractivity contribution in [3.8, 4) is 0 Å². The molecule has 10 heteroatoms. The van der Waals surface area contributed by atoms with Gasteiger partial charge in [-0.1, -0.05) is 29.8 Å². The van der Waals surface area contributed by atoms with Gasteiger partial charge < -0.3 is 20.0 Å². The number of rotatable bonds is 5. The molecule has 2 aromatic carbocycles. The van der Waals surface area contributed by atoms with E-state index in [0.29, 0.717) is 49.3 Å². The van der Waals surface area contributed by atoms with E-state index in [-0.39, 0.29) is 16.8 Å². The number of likely N-dealkylation sites (tertiary alicyclic amines) is 1. The Labute approximate surface area is 188 Å². The highest BCUT2D eigenvalue weighted by Gasteiger charge is 2.46. The van der Waals surface area contributed by atoms with E-state index < -0.39 is 16.9 Å². The van der Waals surface area contributed by atoms with Crippen molar-refractivity contribution in [3.63, 3.8) is 0 Å². The lowest BCUT2D eigenvalue weighted by molar-refractivity contribution is -0.384. The number of hydrogen-bond acceptors (Lipinski definition) is 6. The van der Waals surface area contributed by atoms with E-state index in [9.17, 15) is 24.8 Å². The van der Waals surface area contributed by atoms with Crippen molar-refractivity contribution in [2.45, 2.75) is 18.3 Å². The van der Waals surface area contributed by atoms with Crippen molar-refractivity contribution in [2.24, 2.45) is 0 Å². The fourth-order valence-electron chi connectivity index (χ4n) is 4.72. The molecule has 32 heavy (non-hydrogen) atoms. The summed E-state index contributed by atoms with van der Waals surface area (Å²) < 4.78 is 0. The molecule has 9 nitrogen and oxygen atoms in total. The van der Waals surface area contributed by atoms with Gasteiger partial charge in [-0.15, -0.1) is 0 Å². The van der Waals surface area contributed by atoms with E-state index in [2.05, 4.69) is 0 Å². The van der Waals surface area contributed by atoms with E-state index in [1.807, 2.05) is 11.0 Å². The van der Waals surface area contributed by atoms with Crippen LogP contribution in [0.4, 0.5) is 17.1 Å². The molecule has 0 aliphatic carbocycles. The van der Waals surface area contributed by atoms with Crippen LogP contribution < -0.4 is 4.90 Å². The van der Waals surface area contributed by atoms with Crippen LogP contribution in [0.5, 0.6) is 0 Å². The molecular weight excluding hydrogens is 438 g/mol. The SMILES string of the molecule is O=C(O)/C=C(\C(=O)O)N1CCC2(CC1)CN(c1ccccc1[N+](=O)[O-])c1cc(Cl)ccc12. The molecule has 0 amide bonds. The highest BCUT2D eigenvalue weighted by Crippen LogP contribution is 2.51. The fourth-order valence-corrected chi connectivity index (χ4v) is 4.89. The lowest BCUT2D eigenvalue weighted by Gasteiger charge is -2.41. The largest absolute Gasteiger partial charge is 0.478 e. The van der Waals surface area contributed by atoms with Gasteiger partial charge in [0.15, 0.2) is 0 Å². The van der Waals surface area contributed by atoms with E-state index in [4.69, 9.17) is 16.7 Å². The number of aliphatic carboxylic acids is 2. The minimum atomic E-state index is -1.31. The van der Waals surface area contributed by atoms with E-state index in [0.717, 1.165) is 11.3 Å². The summed E-state index contributed by atoms with van der Waals surface area (Å²) in [7, 11) is 0. The number of halogens is 1. The molecule has 2 aliphatic heterocycles. The molecule has 2 N–H and O–H groups in total. The van der Waals surface area contributed by atoms with Crippen molar-refractivity contribution in [3.05, 3.63) is 74.9 Å². The maximum absolute atomic E-state index is 11.6. The van der Waals surface area contributed by atoms with Crippen molar-refractivity contribution >= 4 is 40.6 Å². The number of carboxylic acid groups (broad SMARTS) is 2. The van der Waals surface area contributed by atoms with Crippen LogP contribution in [-0.4, -0.2) is 51.6 Å². The third kappa shape index (κ3) is 3.75. The third-order valence-electron chi connectivity index (χ3n) is 6.19. The van der Waals surface area contributed by atoms with Crippen LogP contribution in [0, 0.1) is 10.1 Å². The Hall–Kier alpha value is -3.59. The summed E-state index contributed by atoms with van der Waals surface area (Å²) >= 11 is 6.26. The summed E-state index contributed by atoms with van der Waals surface area (Å²) in [5.74, 6) is -2.60. The first-order valence-corrected chi connectivity index (χ1v) is 10.3. The molecule has 0 aromatic heterocycles. The Morgan fingerprint density at radius 3 is 2.41 bits per heavy atom. The van der Waals surface area contributed by atoms with Crippen molar-refractivity contribution < 1.29 is 24.7 Å². The molecule has 0 radical (unpaired) electrons. The van der Waals surface area contributed by atoms with Crippen LogP contribution in [0.15, 0.2) is 54.2 Å². The number of piperidine rings is 1. The number of para-hydroxylation sites is 2. The molecule has 0 unspecified atom stereocenters. The van der Waals surface area contributed by atoms with Gasteiger partial charge in [-0.25, -0.2) is 9.59 Å². The second kappa shape index (κ2) is 8.16. The topological polar surface area (TPSA) is 124 Å². The smallest absolute Gasteiger partial charge is 0.352 e. The number of carboxylic acids is 2. The Morgan fingerprint density at radius 2 is 1.78 bits per heavy atom. The fraction of sp³-hybridized carbons (Fsp3) is 0.273. The van der Waals surface area contributed by atoms with Crippen LogP contribution in [0.25, 0.3) is 0 Å². The monoisotopic (exact) mass is 457 g/mol. The van der Waals surface area contributed by atoms with Crippen molar-refractivity contribution in [1.29, 1.82) is 0 Å². The highest BCUT2D eigenvalue weighted by molar-refractivity contribution is 6.31. The summed E-state index contributed by atoms with van der Waals surface area (Å²) in [6.45, 7) is 1.17. The minimum absolute atomic E-state index is 0.00883. The zero-order valence-electron chi connectivity index (χ0n) is 16.9. The van der Waals surface area contributed by atoms with Crippen LogP contribution in [0.1, 0.15) is 18.4 Å². The van der Waals surface area contributed by atoms with Crippen LogP contribution in [0.3, 0.4) is 0 Å². The number of carbonyl (C=O) groups is 2. The molecule has 166 valence electrons. The second-order valence-electron chi connectivity index (χ2n) is 7.93. The number of anilines is 2. The van der Waals surface area contributed by atoms with Crippen LogP contribution >= 0.6 is 11.6 Å². The minimum Gasteiger partial charge on any atom is -0.478 e. The van der Waals surface area contributed by atoms with Gasteiger partial charge in [0.05, 0.1) is 11.0 Å². The third-order valence-corrected chi connectivity index (χ3v) is 6.43. The van der Waals surface area contributed by atoms with Gasteiger partial charge in [0.1, 0.15) is 11.4 Å². The van der Waals surface area contributed by atoms with E-state index in [1.165, 1.54) is 6.07 Å². The molecule has 2 aliphatic rings. The maximum Gasteiger partial charge on any atom is 0.352 e. The molecule has 1 saturated heterocycles. The summed E-state index contributed by atoms with van der Waals surface area (Å²) in [6.07, 6.45) is 1.83. The van der Waals surface area contributed by atoms with Gasteiger partial charge in [0.25, 0.3) is 5.69 Å². The number of nitro groups is 1. The average Bonchev–Trinajstić information content (AvgIpc) is 3.05. The van der Waals surface area contributed by atoms with Gasteiger partial charge in [0.2, 0.25) is 0 Å². The number of fused-ring (bicyclic) bond motifs is 2. The van der Waals surface area contributed by atoms with Gasteiger partial charge in [-0.05, 0) is 36.6 Å². The van der Waals surface area contributed by atoms with Gasteiger partial charge >= 0.3 is 11.9 Å². The number of nitrogens with zero attached hydrogens (tertiary/aromatic N) is 3. The van der Waals surface area contributed by atoms with Crippen LogP contribution in [-0.2, 0) is 15.0 Å². The first-order valence-electron chi connectivity index (χ1n) is 9.96. The van der Waals surface area contributed by atoms with E-state index in [1.54, 1.807) is 35.2 Å². The number of benzene rings is 2. The first-order chi connectivity index (χ1) is 15.2. The summed E-state index contributed by atoms with van der Waals surface area (Å²) in [5, 5.41) is 30.6. The molecule has 0 bridgehead atoms. The zero-order chi connectivity index (χ0) is 23.0. The average molecular weight is 458 g/mol. The standard InChI is InChI=1S/C22H20ClN3O6/c23-14-5-6-15-18(11-14)25(16-3-1-2-4-17(16)26(31)32)13-22(15)7-9-24(10-8-22)19(21(29)30)12-20(27)28/h1-6,11-12H,7-10,13H2,(H,27,28)(H,29,30)/b19-12+. The molecule has 4 rings (SSSR count). The maximum atomic E-state index is 11.6. The van der Waals surface area contributed by atoms with Gasteiger partial charge in [-0.3, -0.25) is 10.1 Å². The molecule has 0 saturated carbocycles. The predicted octanol–water partition coefficient (Wildman–Crippen LogP) is 3.79. The Kier molecular flexibility index (Phi) is 5.52. The summed E-state index contributed by atoms with van der Waals surface area (Å²) in [4.78, 5) is 37.3. The molecule has 2 heterocycles. The first kappa shape index (κ1) is 21.6. The van der Waals surface area contributed by atoms with Crippen LogP contribution in [0.2, 0.25) is 5.02 Å². The normalized spacial score (nSPS) is 17.3. The number of hydrogen-bond donors (Lipinski definition) is 2. The van der Waals surface area contributed by atoms with E-state index >= 15 is 0 Å². The Morgan fingerprint density at radius 1 is 1.09 bits per heavy atom. The van der Waals surface area contributed by atoms with Crippen molar-refractivity contribution in [1.82, 2.24) is 4.90 Å². The second-order valence-corrected chi connectivity index (χ2v) is 8.37. The Balaban J connectivity index is 1.70. The number of nitro benzene ring substituents is 1. The summed E-state index contributed by atoms with van der Waals surface area (Å²) in [5.41, 5.74) is 1.63. The Bertz CT molecular complexity index is 1140. The zero-order valence-corrected chi connectivity index (χ0v) is 17.7.